The predicted molar refractivity (Wildman–Crippen MR) is 105 cm³/mol. The highest BCUT2D eigenvalue weighted by molar-refractivity contribution is 14.0. The van der Waals surface area contributed by atoms with Crippen LogP contribution < -0.4 is 24.8 Å². The number of ether oxygens (including phenoxy) is 3. The van der Waals surface area contributed by atoms with Gasteiger partial charge in [-0.25, -0.2) is 0 Å². The van der Waals surface area contributed by atoms with Gasteiger partial charge in [-0.2, -0.15) is 0 Å². The van der Waals surface area contributed by atoms with E-state index in [1.54, 1.807) is 28.4 Å². The zero-order valence-corrected chi connectivity index (χ0v) is 16.9. The summed E-state index contributed by atoms with van der Waals surface area (Å²) in [6.45, 7) is 3.60. The van der Waals surface area contributed by atoms with Crippen molar-refractivity contribution < 1.29 is 14.2 Å². The number of halogens is 1. The molecular weight excluding hydrogens is 409 g/mol. The lowest BCUT2D eigenvalue weighted by atomic mass is 10.1. The van der Waals surface area contributed by atoms with Crippen molar-refractivity contribution in [3.8, 4) is 17.2 Å². The van der Waals surface area contributed by atoms with Gasteiger partial charge in [0.15, 0.2) is 5.96 Å². The van der Waals surface area contributed by atoms with Crippen molar-refractivity contribution in [1.82, 2.24) is 10.6 Å². The van der Waals surface area contributed by atoms with Crippen LogP contribution in [0.2, 0.25) is 0 Å². The third kappa shape index (κ3) is 6.72. The quantitative estimate of drug-likeness (QED) is 0.284. The lowest BCUT2D eigenvalue weighted by Crippen LogP contribution is -2.37. The Morgan fingerprint density at radius 1 is 1.04 bits per heavy atom. The molecule has 7 heteroatoms. The third-order valence-corrected chi connectivity index (χ3v) is 3.30. The average Bonchev–Trinajstić information content (AvgIpc) is 2.57. The summed E-state index contributed by atoms with van der Waals surface area (Å²) in [6, 6.07) is 3.68. The Hall–Kier alpha value is -1.38. The number of methoxy groups -OCH3 is 3. The van der Waals surface area contributed by atoms with E-state index in [1.165, 1.54) is 0 Å². The number of aliphatic imine (C=N–C) groups is 1. The summed E-state index contributed by atoms with van der Waals surface area (Å²) >= 11 is 0. The normalized spacial score (nSPS) is 10.6. The molecule has 23 heavy (non-hydrogen) atoms. The number of nitrogens with one attached hydrogen (secondary N) is 2. The number of hydrogen-bond acceptors (Lipinski definition) is 4. The van der Waals surface area contributed by atoms with Crippen molar-refractivity contribution in [2.45, 2.75) is 26.3 Å². The molecule has 0 heterocycles. The van der Waals surface area contributed by atoms with Gasteiger partial charge in [0.2, 0.25) is 0 Å². The SMILES string of the molecule is CCCCNC(=NC)NCc1c(OC)cc(OC)cc1OC.I. The van der Waals surface area contributed by atoms with Gasteiger partial charge >= 0.3 is 0 Å². The Bertz CT molecular complexity index is 470. The van der Waals surface area contributed by atoms with Crippen LogP contribution in [0.25, 0.3) is 0 Å². The van der Waals surface area contributed by atoms with Gasteiger partial charge in [-0.15, -0.1) is 24.0 Å². The van der Waals surface area contributed by atoms with Gasteiger partial charge in [0, 0.05) is 25.7 Å². The second kappa shape index (κ2) is 12.1. The lowest BCUT2D eigenvalue weighted by molar-refractivity contribution is 0.368. The minimum atomic E-state index is 0. The molecule has 0 amide bonds. The second-order valence-corrected chi connectivity index (χ2v) is 4.72. The largest absolute Gasteiger partial charge is 0.496 e. The molecule has 0 saturated heterocycles. The molecule has 132 valence electrons. The van der Waals surface area contributed by atoms with E-state index < -0.39 is 0 Å². The Morgan fingerprint density at radius 2 is 1.65 bits per heavy atom. The van der Waals surface area contributed by atoms with Crippen molar-refractivity contribution in [2.24, 2.45) is 4.99 Å². The van der Waals surface area contributed by atoms with E-state index in [9.17, 15) is 0 Å². The first-order valence-corrected chi connectivity index (χ1v) is 7.43. The fourth-order valence-corrected chi connectivity index (χ4v) is 2.03. The van der Waals surface area contributed by atoms with Crippen LogP contribution in [0, 0.1) is 0 Å². The number of benzene rings is 1. The molecular formula is C16H28IN3O3. The number of hydrogen-bond donors (Lipinski definition) is 2. The maximum Gasteiger partial charge on any atom is 0.191 e. The molecule has 6 nitrogen and oxygen atoms in total. The van der Waals surface area contributed by atoms with E-state index in [2.05, 4.69) is 22.5 Å². The van der Waals surface area contributed by atoms with Gasteiger partial charge in [0.25, 0.3) is 0 Å². The molecule has 2 N–H and O–H groups in total. The summed E-state index contributed by atoms with van der Waals surface area (Å²) in [4.78, 5) is 4.21. The Balaban J connectivity index is 0.00000484. The minimum Gasteiger partial charge on any atom is -0.496 e. The average molecular weight is 437 g/mol. The lowest BCUT2D eigenvalue weighted by Gasteiger charge is -2.17. The summed E-state index contributed by atoms with van der Waals surface area (Å²) in [7, 11) is 6.63. The molecule has 1 rings (SSSR count). The highest BCUT2D eigenvalue weighted by Crippen LogP contribution is 2.33. The molecule has 0 fully saturated rings. The first kappa shape index (κ1) is 21.6. The van der Waals surface area contributed by atoms with E-state index in [4.69, 9.17) is 14.2 Å². The number of rotatable bonds is 8. The predicted octanol–water partition coefficient (Wildman–Crippen LogP) is 2.80. The molecule has 0 bridgehead atoms. The van der Waals surface area contributed by atoms with E-state index in [0.717, 1.165) is 30.9 Å². The minimum absolute atomic E-state index is 0. The highest BCUT2D eigenvalue weighted by atomic mass is 127. The van der Waals surface area contributed by atoms with Crippen molar-refractivity contribution in [1.29, 1.82) is 0 Å². The van der Waals surface area contributed by atoms with Crippen LogP contribution in [0.4, 0.5) is 0 Å². The third-order valence-electron chi connectivity index (χ3n) is 3.30. The summed E-state index contributed by atoms with van der Waals surface area (Å²) < 4.78 is 16.1. The van der Waals surface area contributed by atoms with Crippen LogP contribution in [-0.2, 0) is 6.54 Å². The van der Waals surface area contributed by atoms with E-state index in [1.807, 2.05) is 12.1 Å². The zero-order valence-electron chi connectivity index (χ0n) is 14.6. The van der Waals surface area contributed by atoms with Crippen molar-refractivity contribution in [3.63, 3.8) is 0 Å². The van der Waals surface area contributed by atoms with Gasteiger partial charge in [0.05, 0.1) is 33.4 Å². The number of guanidine groups is 1. The van der Waals surface area contributed by atoms with Crippen LogP contribution in [0.5, 0.6) is 17.2 Å². The summed E-state index contributed by atoms with van der Waals surface area (Å²) in [5.41, 5.74) is 0.921. The van der Waals surface area contributed by atoms with Crippen molar-refractivity contribution in [3.05, 3.63) is 17.7 Å². The fraction of sp³-hybridized carbons (Fsp3) is 0.562. The number of unbranched alkanes of at least 4 members (excludes halogenated alkanes) is 1. The Morgan fingerprint density at radius 3 is 2.09 bits per heavy atom. The van der Waals surface area contributed by atoms with Crippen LogP contribution in [-0.4, -0.2) is 40.9 Å². The maximum absolute atomic E-state index is 5.43. The van der Waals surface area contributed by atoms with E-state index in [0.29, 0.717) is 23.8 Å². The maximum atomic E-state index is 5.43. The van der Waals surface area contributed by atoms with Gasteiger partial charge < -0.3 is 24.8 Å². The molecule has 1 aromatic carbocycles. The topological polar surface area (TPSA) is 64.1 Å². The first-order valence-electron chi connectivity index (χ1n) is 7.43. The van der Waals surface area contributed by atoms with Crippen LogP contribution >= 0.6 is 24.0 Å². The van der Waals surface area contributed by atoms with Crippen molar-refractivity contribution in [2.75, 3.05) is 34.9 Å². The monoisotopic (exact) mass is 437 g/mol. The molecule has 0 atom stereocenters. The van der Waals surface area contributed by atoms with Gasteiger partial charge in [-0.3, -0.25) is 4.99 Å². The van der Waals surface area contributed by atoms with Crippen LogP contribution in [0.1, 0.15) is 25.3 Å². The highest BCUT2D eigenvalue weighted by Gasteiger charge is 2.13. The molecule has 0 saturated carbocycles. The molecule has 0 aliphatic rings. The standard InChI is InChI=1S/C16H27N3O3.HI/c1-6-7-8-18-16(17-2)19-11-13-14(21-4)9-12(20-3)10-15(13)22-5;/h9-10H,6-8,11H2,1-5H3,(H2,17,18,19);1H. The molecule has 0 aromatic heterocycles. The van der Waals surface area contributed by atoms with E-state index >= 15 is 0 Å². The Labute approximate surface area is 156 Å². The van der Waals surface area contributed by atoms with Crippen LogP contribution in [0.3, 0.4) is 0 Å². The van der Waals surface area contributed by atoms with Crippen LogP contribution in [0.15, 0.2) is 17.1 Å². The van der Waals surface area contributed by atoms with E-state index in [-0.39, 0.29) is 24.0 Å². The molecule has 0 unspecified atom stereocenters. The summed E-state index contributed by atoms with van der Waals surface area (Å²) in [6.07, 6.45) is 2.25. The second-order valence-electron chi connectivity index (χ2n) is 4.72. The van der Waals surface area contributed by atoms with Gasteiger partial charge in [-0.1, -0.05) is 13.3 Å². The Kier molecular flexibility index (Phi) is 11.4. The molecule has 0 aliphatic heterocycles. The van der Waals surface area contributed by atoms with Gasteiger partial charge in [-0.05, 0) is 6.42 Å². The molecule has 0 aliphatic carbocycles. The molecule has 0 spiro atoms. The van der Waals surface area contributed by atoms with Gasteiger partial charge in [0.1, 0.15) is 17.2 Å². The zero-order chi connectivity index (χ0) is 16.4. The molecule has 0 radical (unpaired) electrons. The summed E-state index contributed by atoms with van der Waals surface area (Å²) in [5, 5.41) is 6.54. The first-order chi connectivity index (χ1) is 10.7. The molecule has 1 aromatic rings. The van der Waals surface area contributed by atoms with Crippen molar-refractivity contribution >= 4 is 29.9 Å². The number of nitrogens with zero attached hydrogens (tertiary/aromatic N) is 1. The summed E-state index contributed by atoms with van der Waals surface area (Å²) in [5.74, 6) is 2.89. The smallest absolute Gasteiger partial charge is 0.191 e. The fourth-order valence-electron chi connectivity index (χ4n) is 2.03.